The van der Waals surface area contributed by atoms with Gasteiger partial charge in [-0.2, -0.15) is 0 Å². The maximum Gasteiger partial charge on any atom is 0.227 e. The van der Waals surface area contributed by atoms with Crippen molar-refractivity contribution in [1.82, 2.24) is 9.55 Å². The summed E-state index contributed by atoms with van der Waals surface area (Å²) in [5.74, 6) is 1.49. The molecular weight excluding hydrogens is 441 g/mol. The minimum Gasteiger partial charge on any atom is -0.493 e. The van der Waals surface area contributed by atoms with Crippen molar-refractivity contribution in [3.05, 3.63) is 89.5 Å². The fourth-order valence-electron chi connectivity index (χ4n) is 4.83. The summed E-state index contributed by atoms with van der Waals surface area (Å²) >= 11 is 0. The highest BCUT2D eigenvalue weighted by atomic mass is 19.1. The van der Waals surface area contributed by atoms with Crippen LogP contribution in [0.5, 0.6) is 5.75 Å². The lowest BCUT2D eigenvalue weighted by Gasteiger charge is -2.17. The van der Waals surface area contributed by atoms with Crippen molar-refractivity contribution in [2.24, 2.45) is 0 Å². The summed E-state index contributed by atoms with van der Waals surface area (Å²) in [4.78, 5) is 19.4. The number of carbonyl (C=O) groups excluding carboxylic acids is 1. The minimum atomic E-state index is -0.339. The van der Waals surface area contributed by atoms with Crippen LogP contribution < -0.4 is 9.64 Å². The molecule has 5 nitrogen and oxygen atoms in total. The van der Waals surface area contributed by atoms with Gasteiger partial charge in [0.05, 0.1) is 17.6 Å². The molecule has 0 aliphatic carbocycles. The Kier molecular flexibility index (Phi) is 6.53. The number of benzene rings is 3. The van der Waals surface area contributed by atoms with Crippen molar-refractivity contribution < 1.29 is 13.9 Å². The first-order valence-corrected chi connectivity index (χ1v) is 12.2. The lowest BCUT2D eigenvalue weighted by molar-refractivity contribution is -0.117. The number of halogens is 1. The van der Waals surface area contributed by atoms with E-state index in [1.54, 1.807) is 17.0 Å². The standard InChI is InChI=1S/C29H30FN3O2/c1-20-12-13-21(2)27(16-20)35-15-6-5-14-32-26-11-4-3-10-25(26)31-29(32)22-17-28(34)33(19-22)24-9-7-8-23(30)18-24/h3-4,7-13,16,18,22H,5-6,14-15,17,19H2,1-2H3. The molecule has 1 aromatic heterocycles. The van der Waals surface area contributed by atoms with Crippen LogP contribution in [-0.4, -0.2) is 28.6 Å². The van der Waals surface area contributed by atoms with Crippen molar-refractivity contribution >= 4 is 22.6 Å². The Bertz CT molecular complexity index is 1360. The predicted molar refractivity (Wildman–Crippen MR) is 136 cm³/mol. The average Bonchev–Trinajstić information content (AvgIpc) is 3.41. The van der Waals surface area contributed by atoms with Gasteiger partial charge in [0, 0.05) is 31.1 Å². The highest BCUT2D eigenvalue weighted by molar-refractivity contribution is 5.96. The molecule has 35 heavy (non-hydrogen) atoms. The molecule has 0 saturated carbocycles. The van der Waals surface area contributed by atoms with Crippen molar-refractivity contribution in [1.29, 1.82) is 0 Å². The van der Waals surface area contributed by atoms with Crippen molar-refractivity contribution in [3.63, 3.8) is 0 Å². The van der Waals surface area contributed by atoms with Crippen LogP contribution >= 0.6 is 0 Å². The largest absolute Gasteiger partial charge is 0.493 e. The second kappa shape index (κ2) is 9.90. The van der Waals surface area contributed by atoms with Crippen LogP contribution in [0.1, 0.15) is 42.1 Å². The first-order valence-electron chi connectivity index (χ1n) is 12.2. The van der Waals surface area contributed by atoms with Crippen LogP contribution in [0.3, 0.4) is 0 Å². The van der Waals surface area contributed by atoms with Crippen LogP contribution in [0.4, 0.5) is 10.1 Å². The second-order valence-electron chi connectivity index (χ2n) is 9.32. The number of hydrogen-bond acceptors (Lipinski definition) is 3. The Morgan fingerprint density at radius 2 is 1.89 bits per heavy atom. The Balaban J connectivity index is 1.30. The second-order valence-corrected chi connectivity index (χ2v) is 9.32. The zero-order valence-corrected chi connectivity index (χ0v) is 20.2. The van der Waals surface area contributed by atoms with Gasteiger partial charge in [-0.25, -0.2) is 9.37 Å². The first-order chi connectivity index (χ1) is 17.0. The van der Waals surface area contributed by atoms with Crippen molar-refractivity contribution in [3.8, 4) is 5.75 Å². The molecule has 0 N–H and O–H groups in total. The fraction of sp³-hybridized carbons (Fsp3) is 0.310. The Labute approximate surface area is 205 Å². The number of fused-ring (bicyclic) bond motifs is 1. The molecule has 1 saturated heterocycles. The SMILES string of the molecule is Cc1ccc(C)c(OCCCCn2c(C3CC(=O)N(c4cccc(F)c4)C3)nc3ccccc32)c1. The van der Waals surface area contributed by atoms with E-state index in [-0.39, 0.29) is 17.6 Å². The Morgan fingerprint density at radius 3 is 2.74 bits per heavy atom. The van der Waals surface area contributed by atoms with Gasteiger partial charge >= 0.3 is 0 Å². The van der Waals surface area contributed by atoms with Crippen LogP contribution in [-0.2, 0) is 11.3 Å². The van der Waals surface area contributed by atoms with E-state index in [0.717, 1.165) is 47.6 Å². The number of hydrogen-bond donors (Lipinski definition) is 0. The van der Waals surface area contributed by atoms with Gasteiger partial charge in [0.1, 0.15) is 17.4 Å². The summed E-state index contributed by atoms with van der Waals surface area (Å²) in [6, 6.07) is 20.6. The number of rotatable bonds is 8. The number of carbonyl (C=O) groups is 1. The van der Waals surface area contributed by atoms with Gasteiger partial charge in [0.15, 0.2) is 0 Å². The quantitative estimate of drug-likeness (QED) is 0.289. The monoisotopic (exact) mass is 471 g/mol. The molecule has 4 aromatic rings. The van der Waals surface area contributed by atoms with E-state index in [9.17, 15) is 9.18 Å². The lowest BCUT2D eigenvalue weighted by atomic mass is 10.1. The van der Waals surface area contributed by atoms with Gasteiger partial charge in [0.25, 0.3) is 0 Å². The highest BCUT2D eigenvalue weighted by Crippen LogP contribution is 2.33. The smallest absolute Gasteiger partial charge is 0.227 e. The molecule has 0 spiro atoms. The van der Waals surface area contributed by atoms with Crippen LogP contribution in [0.2, 0.25) is 0 Å². The third kappa shape index (κ3) is 4.92. The van der Waals surface area contributed by atoms with E-state index < -0.39 is 0 Å². The average molecular weight is 472 g/mol. The number of nitrogens with zero attached hydrogens (tertiary/aromatic N) is 3. The number of aryl methyl sites for hydroxylation is 3. The third-order valence-electron chi connectivity index (χ3n) is 6.67. The van der Waals surface area contributed by atoms with Gasteiger partial charge in [-0.3, -0.25) is 4.79 Å². The zero-order valence-electron chi connectivity index (χ0n) is 20.2. The molecule has 1 aliphatic rings. The van der Waals surface area contributed by atoms with E-state index in [0.29, 0.717) is 25.3 Å². The maximum atomic E-state index is 13.8. The molecule has 1 atom stereocenters. The number of para-hydroxylation sites is 2. The summed E-state index contributed by atoms with van der Waals surface area (Å²) in [5, 5.41) is 0. The number of imidazole rings is 1. The molecule has 1 amide bonds. The van der Waals surface area contributed by atoms with Gasteiger partial charge in [-0.15, -0.1) is 0 Å². The lowest BCUT2D eigenvalue weighted by Crippen LogP contribution is -2.24. The topological polar surface area (TPSA) is 47.4 Å². The zero-order chi connectivity index (χ0) is 24.4. The van der Waals surface area contributed by atoms with Gasteiger partial charge in [-0.1, -0.05) is 30.3 Å². The van der Waals surface area contributed by atoms with Crippen LogP contribution in [0.25, 0.3) is 11.0 Å². The molecule has 5 rings (SSSR count). The molecular formula is C29H30FN3O2. The molecule has 1 unspecified atom stereocenters. The Morgan fingerprint density at radius 1 is 1.03 bits per heavy atom. The third-order valence-corrected chi connectivity index (χ3v) is 6.67. The predicted octanol–water partition coefficient (Wildman–Crippen LogP) is 6.17. The summed E-state index contributed by atoms with van der Waals surface area (Å²) in [7, 11) is 0. The van der Waals surface area contributed by atoms with E-state index in [1.165, 1.54) is 17.7 Å². The van der Waals surface area contributed by atoms with E-state index >= 15 is 0 Å². The normalized spacial score (nSPS) is 15.8. The maximum absolute atomic E-state index is 13.8. The summed E-state index contributed by atoms with van der Waals surface area (Å²) < 4.78 is 22.0. The number of amides is 1. The number of ether oxygens (including phenoxy) is 1. The van der Waals surface area contributed by atoms with Crippen molar-refractivity contribution in [2.75, 3.05) is 18.1 Å². The number of unbranched alkanes of at least 4 members (excludes halogenated alkanes) is 1. The van der Waals surface area contributed by atoms with Crippen molar-refractivity contribution in [2.45, 2.75) is 45.6 Å². The highest BCUT2D eigenvalue weighted by Gasteiger charge is 2.34. The first kappa shape index (κ1) is 23.1. The number of anilines is 1. The van der Waals surface area contributed by atoms with E-state index in [2.05, 4.69) is 42.7 Å². The van der Waals surface area contributed by atoms with Gasteiger partial charge in [0.2, 0.25) is 5.91 Å². The molecule has 1 aliphatic heterocycles. The molecule has 6 heteroatoms. The van der Waals surface area contributed by atoms with Crippen LogP contribution in [0, 0.1) is 19.7 Å². The molecule has 0 bridgehead atoms. The fourth-order valence-corrected chi connectivity index (χ4v) is 4.83. The van der Waals surface area contributed by atoms with Crippen LogP contribution in [0.15, 0.2) is 66.7 Å². The summed E-state index contributed by atoms with van der Waals surface area (Å²) in [6.07, 6.45) is 2.22. The van der Waals surface area contributed by atoms with E-state index in [4.69, 9.17) is 9.72 Å². The molecule has 180 valence electrons. The van der Waals surface area contributed by atoms with E-state index in [1.807, 2.05) is 18.2 Å². The summed E-state index contributed by atoms with van der Waals surface area (Å²) in [6.45, 7) is 6.09. The molecule has 3 aromatic carbocycles. The molecule has 2 heterocycles. The minimum absolute atomic E-state index is 0.00105. The number of aromatic nitrogens is 2. The Hall–Kier alpha value is -3.67. The van der Waals surface area contributed by atoms with Gasteiger partial charge < -0.3 is 14.2 Å². The van der Waals surface area contributed by atoms with Gasteiger partial charge in [-0.05, 0) is 74.2 Å². The summed E-state index contributed by atoms with van der Waals surface area (Å²) in [5.41, 5.74) is 4.95. The molecule has 0 radical (unpaired) electrons. The molecule has 1 fully saturated rings.